The van der Waals surface area contributed by atoms with Crippen molar-refractivity contribution in [1.29, 1.82) is 0 Å². The lowest BCUT2D eigenvalue weighted by molar-refractivity contribution is 0.291. The van der Waals surface area contributed by atoms with Crippen LogP contribution in [0.4, 0.5) is 4.39 Å². The summed E-state index contributed by atoms with van der Waals surface area (Å²) in [5, 5.41) is -0.127. The second-order valence-corrected chi connectivity index (χ2v) is 7.57. The highest BCUT2D eigenvalue weighted by molar-refractivity contribution is 7.89. The monoisotopic (exact) mass is 308 g/mol. The van der Waals surface area contributed by atoms with Gasteiger partial charge in [-0.3, -0.25) is 0 Å². The molecule has 7 heteroatoms. The van der Waals surface area contributed by atoms with Crippen molar-refractivity contribution in [2.75, 3.05) is 20.1 Å². The first-order valence-electron chi connectivity index (χ1n) is 5.72. The Morgan fingerprint density at radius 3 is 2.47 bits per heavy atom. The fourth-order valence-electron chi connectivity index (χ4n) is 1.64. The van der Waals surface area contributed by atoms with Crippen molar-refractivity contribution < 1.29 is 12.8 Å². The van der Waals surface area contributed by atoms with Gasteiger partial charge in [-0.15, -0.1) is 0 Å². The zero-order chi connectivity index (χ0) is 14.8. The standard InChI is InChI=1S/C12H18ClFN2O2S/c1-12(2,7-15)8-16(3)19(17,18)11-9(13)5-4-6-10(11)14/h4-6H,7-8,15H2,1-3H3. The van der Waals surface area contributed by atoms with E-state index in [2.05, 4.69) is 0 Å². The van der Waals surface area contributed by atoms with Crippen LogP contribution in [0.2, 0.25) is 5.02 Å². The first-order valence-corrected chi connectivity index (χ1v) is 7.54. The van der Waals surface area contributed by atoms with Gasteiger partial charge < -0.3 is 5.73 Å². The quantitative estimate of drug-likeness (QED) is 0.906. The van der Waals surface area contributed by atoms with E-state index in [0.29, 0.717) is 6.54 Å². The summed E-state index contributed by atoms with van der Waals surface area (Å²) in [7, 11) is -2.59. The van der Waals surface area contributed by atoms with Gasteiger partial charge >= 0.3 is 0 Å². The Morgan fingerprint density at radius 1 is 1.42 bits per heavy atom. The average molecular weight is 309 g/mol. The Labute approximate surface area is 118 Å². The number of hydrogen-bond acceptors (Lipinski definition) is 3. The molecule has 2 N–H and O–H groups in total. The zero-order valence-electron chi connectivity index (χ0n) is 11.2. The molecule has 0 aliphatic rings. The van der Waals surface area contributed by atoms with Crippen LogP contribution in [0.25, 0.3) is 0 Å². The molecule has 0 amide bonds. The van der Waals surface area contributed by atoms with Crippen LogP contribution in [0.15, 0.2) is 23.1 Å². The molecule has 108 valence electrons. The van der Waals surface area contributed by atoms with E-state index in [0.717, 1.165) is 10.4 Å². The fourth-order valence-corrected chi connectivity index (χ4v) is 3.55. The summed E-state index contributed by atoms with van der Waals surface area (Å²) in [6.07, 6.45) is 0. The zero-order valence-corrected chi connectivity index (χ0v) is 12.7. The van der Waals surface area contributed by atoms with Crippen molar-refractivity contribution in [1.82, 2.24) is 4.31 Å². The third-order valence-electron chi connectivity index (χ3n) is 2.79. The molecular formula is C12H18ClFN2O2S. The van der Waals surface area contributed by atoms with E-state index < -0.39 is 26.2 Å². The molecule has 0 aliphatic heterocycles. The van der Waals surface area contributed by atoms with E-state index >= 15 is 0 Å². The van der Waals surface area contributed by atoms with Gasteiger partial charge in [-0.25, -0.2) is 17.1 Å². The molecule has 0 heterocycles. The van der Waals surface area contributed by atoms with E-state index in [-0.39, 0.29) is 11.6 Å². The Bertz CT molecular complexity index is 541. The second kappa shape index (κ2) is 5.75. The van der Waals surface area contributed by atoms with Gasteiger partial charge in [0.1, 0.15) is 10.7 Å². The van der Waals surface area contributed by atoms with Crippen LogP contribution in [-0.4, -0.2) is 32.9 Å². The van der Waals surface area contributed by atoms with Crippen LogP contribution in [0.3, 0.4) is 0 Å². The molecule has 0 unspecified atom stereocenters. The van der Waals surface area contributed by atoms with Gasteiger partial charge in [0.05, 0.1) is 5.02 Å². The van der Waals surface area contributed by atoms with E-state index in [1.54, 1.807) is 0 Å². The summed E-state index contributed by atoms with van der Waals surface area (Å²) < 4.78 is 39.4. The summed E-state index contributed by atoms with van der Waals surface area (Å²) in [6, 6.07) is 3.78. The summed E-state index contributed by atoms with van der Waals surface area (Å²) >= 11 is 5.79. The van der Waals surface area contributed by atoms with Gasteiger partial charge in [0, 0.05) is 13.6 Å². The molecule has 0 saturated carbocycles. The molecule has 4 nitrogen and oxygen atoms in total. The van der Waals surface area contributed by atoms with E-state index in [4.69, 9.17) is 17.3 Å². The van der Waals surface area contributed by atoms with E-state index in [9.17, 15) is 12.8 Å². The Hall–Kier alpha value is -0.690. The van der Waals surface area contributed by atoms with Gasteiger partial charge in [0.15, 0.2) is 0 Å². The van der Waals surface area contributed by atoms with Gasteiger partial charge in [-0.2, -0.15) is 0 Å². The maximum atomic E-state index is 13.7. The SMILES string of the molecule is CN(CC(C)(C)CN)S(=O)(=O)c1c(F)cccc1Cl. The molecular weight excluding hydrogens is 291 g/mol. The maximum absolute atomic E-state index is 13.7. The second-order valence-electron chi connectivity index (χ2n) is 5.18. The smallest absolute Gasteiger partial charge is 0.247 e. The minimum Gasteiger partial charge on any atom is -0.330 e. The Kier molecular flexibility index (Phi) is 4.95. The molecule has 0 atom stereocenters. The number of rotatable bonds is 5. The molecule has 19 heavy (non-hydrogen) atoms. The Morgan fingerprint density at radius 2 is 2.00 bits per heavy atom. The molecule has 1 aromatic rings. The van der Waals surface area contributed by atoms with Gasteiger partial charge in [0.25, 0.3) is 0 Å². The molecule has 1 aromatic carbocycles. The van der Waals surface area contributed by atoms with Crippen LogP contribution >= 0.6 is 11.6 Å². The van der Waals surface area contributed by atoms with E-state index in [1.807, 2.05) is 13.8 Å². The fraction of sp³-hybridized carbons (Fsp3) is 0.500. The van der Waals surface area contributed by atoms with Crippen LogP contribution in [0.5, 0.6) is 0 Å². The predicted molar refractivity (Wildman–Crippen MR) is 74.1 cm³/mol. The number of halogens is 2. The van der Waals surface area contributed by atoms with Crippen LogP contribution in [0, 0.1) is 11.2 Å². The molecule has 1 rings (SSSR count). The first-order chi connectivity index (χ1) is 8.62. The molecule has 0 bridgehead atoms. The minimum atomic E-state index is -3.97. The summed E-state index contributed by atoms with van der Waals surface area (Å²) in [6.45, 7) is 4.16. The van der Waals surface area contributed by atoms with Gasteiger partial charge in [0.2, 0.25) is 10.0 Å². The molecule has 0 aromatic heterocycles. The van der Waals surface area contributed by atoms with Gasteiger partial charge in [-0.1, -0.05) is 31.5 Å². The maximum Gasteiger partial charge on any atom is 0.247 e. The highest BCUT2D eigenvalue weighted by Crippen LogP contribution is 2.28. The lowest BCUT2D eigenvalue weighted by Crippen LogP contribution is -2.40. The minimum absolute atomic E-state index is 0.127. The topological polar surface area (TPSA) is 63.4 Å². The molecule has 0 spiro atoms. The van der Waals surface area contributed by atoms with Crippen LogP contribution < -0.4 is 5.73 Å². The van der Waals surface area contributed by atoms with Crippen LogP contribution in [-0.2, 0) is 10.0 Å². The highest BCUT2D eigenvalue weighted by Gasteiger charge is 2.30. The normalized spacial score (nSPS) is 13.0. The number of sulfonamides is 1. The number of nitrogens with zero attached hydrogens (tertiary/aromatic N) is 1. The summed E-state index contributed by atoms with van der Waals surface area (Å²) in [5.41, 5.74) is 5.17. The average Bonchev–Trinajstić information content (AvgIpc) is 2.27. The molecule has 0 aliphatic carbocycles. The van der Waals surface area contributed by atoms with Crippen molar-refractivity contribution in [2.45, 2.75) is 18.7 Å². The summed E-state index contributed by atoms with van der Waals surface area (Å²) in [5.74, 6) is -0.857. The van der Waals surface area contributed by atoms with Gasteiger partial charge in [-0.05, 0) is 24.1 Å². The number of hydrogen-bond donors (Lipinski definition) is 1. The van der Waals surface area contributed by atoms with Crippen molar-refractivity contribution >= 4 is 21.6 Å². The predicted octanol–water partition coefficient (Wildman–Crippen LogP) is 2.08. The molecule has 0 radical (unpaired) electrons. The lowest BCUT2D eigenvalue weighted by Gasteiger charge is -2.28. The Balaban J connectivity index is 3.18. The third-order valence-corrected chi connectivity index (χ3v) is 5.10. The highest BCUT2D eigenvalue weighted by atomic mass is 35.5. The molecule has 0 saturated heterocycles. The lowest BCUT2D eigenvalue weighted by atomic mass is 9.94. The van der Waals surface area contributed by atoms with Crippen molar-refractivity contribution in [3.8, 4) is 0 Å². The third kappa shape index (κ3) is 3.66. The van der Waals surface area contributed by atoms with E-state index in [1.165, 1.54) is 19.2 Å². The first kappa shape index (κ1) is 16.4. The van der Waals surface area contributed by atoms with Crippen molar-refractivity contribution in [3.63, 3.8) is 0 Å². The number of benzene rings is 1. The molecule has 0 fully saturated rings. The van der Waals surface area contributed by atoms with Crippen molar-refractivity contribution in [3.05, 3.63) is 29.0 Å². The summed E-state index contributed by atoms with van der Waals surface area (Å²) in [4.78, 5) is -0.494. The number of nitrogens with two attached hydrogens (primary N) is 1. The van der Waals surface area contributed by atoms with Crippen LogP contribution in [0.1, 0.15) is 13.8 Å². The van der Waals surface area contributed by atoms with Crippen molar-refractivity contribution in [2.24, 2.45) is 11.1 Å². The largest absolute Gasteiger partial charge is 0.330 e.